The molecule has 0 radical (unpaired) electrons. The lowest BCUT2D eigenvalue weighted by Gasteiger charge is -2.26. The van der Waals surface area contributed by atoms with Gasteiger partial charge in [0, 0.05) is 13.1 Å². The van der Waals surface area contributed by atoms with Gasteiger partial charge in [0.1, 0.15) is 5.54 Å². The van der Waals surface area contributed by atoms with E-state index in [0.29, 0.717) is 0 Å². The second-order valence-electron chi connectivity index (χ2n) is 4.98. The Labute approximate surface area is 118 Å². The third-order valence-corrected chi connectivity index (χ3v) is 4.70. The first-order valence-corrected chi connectivity index (χ1v) is 8.13. The van der Waals surface area contributed by atoms with Crippen LogP contribution in [0.3, 0.4) is 0 Å². The molecule has 1 atom stereocenters. The molecule has 4 N–H and O–H groups in total. The zero-order valence-electron chi connectivity index (χ0n) is 11.6. The summed E-state index contributed by atoms with van der Waals surface area (Å²) in [6, 6.07) is -0.673. The van der Waals surface area contributed by atoms with Crippen molar-refractivity contribution >= 4 is 22.0 Å². The predicted octanol–water partition coefficient (Wildman–Crippen LogP) is -0.522. The minimum atomic E-state index is -3.40. The van der Waals surface area contributed by atoms with Gasteiger partial charge < -0.3 is 15.7 Å². The summed E-state index contributed by atoms with van der Waals surface area (Å²) < 4.78 is 25.0. The number of rotatable bonds is 8. The maximum absolute atomic E-state index is 11.6. The minimum absolute atomic E-state index is 0.0729. The molecule has 0 aromatic carbocycles. The van der Waals surface area contributed by atoms with E-state index in [2.05, 4.69) is 15.4 Å². The molecule has 20 heavy (non-hydrogen) atoms. The molecule has 1 rings (SSSR count). The summed E-state index contributed by atoms with van der Waals surface area (Å²) in [5.41, 5.74) is -1.30. The van der Waals surface area contributed by atoms with E-state index < -0.39 is 27.6 Å². The van der Waals surface area contributed by atoms with Gasteiger partial charge in [-0.2, -0.15) is 0 Å². The van der Waals surface area contributed by atoms with E-state index in [4.69, 9.17) is 5.11 Å². The third kappa shape index (κ3) is 4.64. The van der Waals surface area contributed by atoms with Gasteiger partial charge in [0.2, 0.25) is 10.0 Å². The van der Waals surface area contributed by atoms with Crippen LogP contribution in [-0.2, 0) is 14.8 Å². The number of sulfonamides is 1. The highest BCUT2D eigenvalue weighted by Crippen LogP contribution is 2.39. The van der Waals surface area contributed by atoms with Crippen LogP contribution in [0.1, 0.15) is 26.7 Å². The summed E-state index contributed by atoms with van der Waals surface area (Å²) in [5.74, 6) is -1.41. The second kappa shape index (κ2) is 6.40. The highest BCUT2D eigenvalue weighted by molar-refractivity contribution is 7.89. The number of hydrogen-bond donors (Lipinski definition) is 4. The molecule has 1 aliphatic rings. The van der Waals surface area contributed by atoms with Crippen LogP contribution in [0.15, 0.2) is 0 Å². The fraction of sp³-hybridized carbons (Fsp3) is 0.818. The van der Waals surface area contributed by atoms with Gasteiger partial charge in [0.15, 0.2) is 0 Å². The van der Waals surface area contributed by atoms with Crippen LogP contribution in [0.2, 0.25) is 0 Å². The van der Waals surface area contributed by atoms with E-state index in [9.17, 15) is 18.0 Å². The molecule has 0 bridgehead atoms. The van der Waals surface area contributed by atoms with Crippen LogP contribution in [0, 0.1) is 5.92 Å². The molecule has 1 unspecified atom stereocenters. The Kier molecular flexibility index (Phi) is 5.35. The standard InChI is InChI=1S/C11H21N3O5S/c1-3-13-20(18,19)7-6-12-10(17)14-11(2,9(15)16)8-4-5-8/h8,13H,3-7H2,1-2H3,(H,15,16)(H2,12,14,17). The number of nitrogens with one attached hydrogen (secondary N) is 3. The molecule has 0 spiro atoms. The molecule has 2 amide bonds. The van der Waals surface area contributed by atoms with Crippen LogP contribution in [0.25, 0.3) is 0 Å². The molecule has 0 aliphatic heterocycles. The molecule has 0 saturated heterocycles. The number of urea groups is 1. The SMILES string of the molecule is CCNS(=O)(=O)CCNC(=O)NC(C)(C(=O)O)C1CC1. The summed E-state index contributed by atoms with van der Waals surface area (Å²) >= 11 is 0. The molecule has 0 aromatic heterocycles. The normalized spacial score (nSPS) is 18.1. The Morgan fingerprint density at radius 2 is 1.95 bits per heavy atom. The largest absolute Gasteiger partial charge is 0.480 e. The van der Waals surface area contributed by atoms with Crippen molar-refractivity contribution in [2.75, 3.05) is 18.8 Å². The maximum Gasteiger partial charge on any atom is 0.329 e. The first-order valence-electron chi connectivity index (χ1n) is 6.48. The first kappa shape index (κ1) is 16.7. The van der Waals surface area contributed by atoms with Gasteiger partial charge in [0.25, 0.3) is 0 Å². The van der Waals surface area contributed by atoms with Gasteiger partial charge in [-0.1, -0.05) is 6.92 Å². The van der Waals surface area contributed by atoms with Crippen molar-refractivity contribution < 1.29 is 23.1 Å². The van der Waals surface area contributed by atoms with Crippen molar-refractivity contribution in [2.24, 2.45) is 5.92 Å². The fourth-order valence-electron chi connectivity index (χ4n) is 1.86. The van der Waals surface area contributed by atoms with E-state index in [1.54, 1.807) is 6.92 Å². The topological polar surface area (TPSA) is 125 Å². The number of amides is 2. The van der Waals surface area contributed by atoms with E-state index in [1.807, 2.05) is 0 Å². The molecule has 1 aliphatic carbocycles. The lowest BCUT2D eigenvalue weighted by Crippen LogP contribution is -2.57. The smallest absolute Gasteiger partial charge is 0.329 e. The van der Waals surface area contributed by atoms with Crippen LogP contribution in [0.5, 0.6) is 0 Å². The van der Waals surface area contributed by atoms with Gasteiger partial charge >= 0.3 is 12.0 Å². The van der Waals surface area contributed by atoms with Gasteiger partial charge in [0.05, 0.1) is 5.75 Å². The van der Waals surface area contributed by atoms with Crippen molar-refractivity contribution in [2.45, 2.75) is 32.2 Å². The fourth-order valence-corrected chi connectivity index (χ4v) is 2.82. The molecule has 0 heterocycles. The van der Waals surface area contributed by atoms with Crippen molar-refractivity contribution in [3.8, 4) is 0 Å². The molecule has 9 heteroatoms. The number of carbonyl (C=O) groups excluding carboxylic acids is 1. The van der Waals surface area contributed by atoms with Gasteiger partial charge in [-0.25, -0.2) is 22.7 Å². The lowest BCUT2D eigenvalue weighted by atomic mass is 9.96. The van der Waals surface area contributed by atoms with Crippen molar-refractivity contribution in [3.63, 3.8) is 0 Å². The average molecular weight is 307 g/mol. The number of hydrogen-bond acceptors (Lipinski definition) is 4. The highest BCUT2D eigenvalue weighted by Gasteiger charge is 2.48. The Morgan fingerprint density at radius 1 is 1.35 bits per heavy atom. The quantitative estimate of drug-likeness (QED) is 0.480. The zero-order chi connectivity index (χ0) is 15.4. The summed E-state index contributed by atoms with van der Waals surface area (Å²) in [6.07, 6.45) is 1.52. The van der Waals surface area contributed by atoms with E-state index >= 15 is 0 Å². The van der Waals surface area contributed by atoms with Crippen molar-refractivity contribution in [1.82, 2.24) is 15.4 Å². The number of carboxylic acid groups (broad SMARTS) is 1. The van der Waals surface area contributed by atoms with E-state index in [-0.39, 0.29) is 24.8 Å². The predicted molar refractivity (Wildman–Crippen MR) is 72.8 cm³/mol. The molecule has 1 fully saturated rings. The number of aliphatic carboxylic acids is 1. The lowest BCUT2D eigenvalue weighted by molar-refractivity contribution is -0.144. The Bertz CT molecular complexity index is 474. The molecule has 116 valence electrons. The van der Waals surface area contributed by atoms with Crippen molar-refractivity contribution in [1.29, 1.82) is 0 Å². The van der Waals surface area contributed by atoms with Gasteiger partial charge in [-0.15, -0.1) is 0 Å². The van der Waals surface area contributed by atoms with E-state index in [1.165, 1.54) is 6.92 Å². The second-order valence-corrected chi connectivity index (χ2v) is 6.91. The molecular formula is C11H21N3O5S. The Morgan fingerprint density at radius 3 is 2.40 bits per heavy atom. The van der Waals surface area contributed by atoms with Gasteiger partial charge in [-0.3, -0.25) is 0 Å². The Balaban J connectivity index is 2.42. The highest BCUT2D eigenvalue weighted by atomic mass is 32.2. The summed E-state index contributed by atoms with van der Waals surface area (Å²) in [6.45, 7) is 3.32. The molecule has 8 nitrogen and oxygen atoms in total. The molecule has 1 saturated carbocycles. The maximum atomic E-state index is 11.6. The first-order chi connectivity index (χ1) is 9.21. The number of carbonyl (C=O) groups is 2. The monoisotopic (exact) mass is 307 g/mol. The number of carboxylic acids is 1. The third-order valence-electron chi connectivity index (χ3n) is 3.23. The van der Waals surface area contributed by atoms with Gasteiger partial charge in [-0.05, 0) is 25.7 Å². The van der Waals surface area contributed by atoms with Crippen LogP contribution >= 0.6 is 0 Å². The average Bonchev–Trinajstić information content (AvgIpc) is 3.11. The molecular weight excluding hydrogens is 286 g/mol. The molecule has 0 aromatic rings. The summed E-state index contributed by atoms with van der Waals surface area (Å²) in [5, 5.41) is 13.9. The van der Waals surface area contributed by atoms with Crippen LogP contribution in [-0.4, -0.2) is 49.9 Å². The minimum Gasteiger partial charge on any atom is -0.480 e. The van der Waals surface area contributed by atoms with E-state index in [0.717, 1.165) is 12.8 Å². The van der Waals surface area contributed by atoms with Crippen LogP contribution in [0.4, 0.5) is 4.79 Å². The summed E-state index contributed by atoms with van der Waals surface area (Å²) in [4.78, 5) is 22.8. The Hall–Kier alpha value is -1.35. The summed E-state index contributed by atoms with van der Waals surface area (Å²) in [7, 11) is -3.40. The zero-order valence-corrected chi connectivity index (χ0v) is 12.4. The van der Waals surface area contributed by atoms with Crippen molar-refractivity contribution in [3.05, 3.63) is 0 Å². The van der Waals surface area contributed by atoms with Crippen LogP contribution < -0.4 is 15.4 Å².